The molecule has 0 saturated carbocycles. The van der Waals surface area contributed by atoms with E-state index in [1.807, 2.05) is 50.2 Å². The lowest BCUT2D eigenvalue weighted by atomic mass is 10.1. The number of carbonyl (C=O) groups is 1. The van der Waals surface area contributed by atoms with Gasteiger partial charge in [-0.2, -0.15) is 0 Å². The molecule has 2 heterocycles. The van der Waals surface area contributed by atoms with Crippen LogP contribution >= 0.6 is 0 Å². The molecule has 2 N–H and O–H groups in total. The van der Waals surface area contributed by atoms with Crippen LogP contribution in [0.15, 0.2) is 54.9 Å². The zero-order valence-electron chi connectivity index (χ0n) is 15.8. The molecule has 3 aromatic rings. The molecular weight excluding hydrogens is 354 g/mol. The van der Waals surface area contributed by atoms with E-state index >= 15 is 0 Å². The van der Waals surface area contributed by atoms with Gasteiger partial charge in [-0.25, -0.2) is 0 Å². The number of rotatable bonds is 5. The minimum atomic E-state index is -0.185. The number of amides is 1. The first-order chi connectivity index (χ1) is 13.6. The molecule has 6 nitrogen and oxygen atoms in total. The number of nitrogens with zero attached hydrogens (tertiary/aromatic N) is 1. The van der Waals surface area contributed by atoms with Crippen molar-refractivity contribution in [2.75, 3.05) is 12.1 Å². The molecule has 0 aliphatic carbocycles. The molecule has 0 fully saturated rings. The minimum Gasteiger partial charge on any atom is -0.454 e. The number of hydrogen-bond donors (Lipinski definition) is 2. The number of ether oxygens (including phenoxy) is 2. The molecule has 0 unspecified atom stereocenters. The Labute approximate surface area is 163 Å². The molecule has 6 heteroatoms. The highest BCUT2D eigenvalue weighted by Crippen LogP contribution is 2.32. The van der Waals surface area contributed by atoms with Crippen LogP contribution in [0.2, 0.25) is 0 Å². The molecule has 4 rings (SSSR count). The van der Waals surface area contributed by atoms with Crippen molar-refractivity contribution in [2.45, 2.75) is 20.4 Å². The summed E-state index contributed by atoms with van der Waals surface area (Å²) in [6.45, 7) is 4.72. The Balaban J connectivity index is 1.44. The lowest BCUT2D eigenvalue weighted by Gasteiger charge is -2.13. The molecule has 0 spiro atoms. The predicted octanol–water partition coefficient (Wildman–Crippen LogP) is 4.10. The van der Waals surface area contributed by atoms with Crippen LogP contribution in [0, 0.1) is 13.8 Å². The van der Waals surface area contributed by atoms with E-state index in [2.05, 4.69) is 15.6 Å². The number of nitrogens with one attached hydrogen (secondary N) is 2. The van der Waals surface area contributed by atoms with E-state index in [0.717, 1.165) is 33.8 Å². The summed E-state index contributed by atoms with van der Waals surface area (Å²) in [5.74, 6) is 1.24. The summed E-state index contributed by atoms with van der Waals surface area (Å²) in [5, 5.41) is 6.28. The molecule has 0 bridgehead atoms. The van der Waals surface area contributed by atoms with Gasteiger partial charge >= 0.3 is 0 Å². The average molecular weight is 375 g/mol. The number of fused-ring (bicyclic) bond motifs is 1. The first kappa shape index (κ1) is 17.9. The van der Waals surface area contributed by atoms with Crippen LogP contribution in [-0.4, -0.2) is 17.7 Å². The van der Waals surface area contributed by atoms with E-state index in [1.165, 1.54) is 0 Å². The molecule has 1 amide bonds. The predicted molar refractivity (Wildman–Crippen MR) is 107 cm³/mol. The summed E-state index contributed by atoms with van der Waals surface area (Å²) < 4.78 is 10.7. The monoisotopic (exact) mass is 375 g/mol. The third-order valence-electron chi connectivity index (χ3n) is 4.64. The Bertz CT molecular complexity index is 1010. The van der Waals surface area contributed by atoms with Gasteiger partial charge in [-0.1, -0.05) is 24.3 Å². The maximum atomic E-state index is 12.6. The molecule has 142 valence electrons. The Hall–Kier alpha value is -3.54. The molecule has 0 atom stereocenters. The molecule has 28 heavy (non-hydrogen) atoms. The molecule has 0 saturated heterocycles. The zero-order chi connectivity index (χ0) is 19.5. The van der Waals surface area contributed by atoms with Crippen LogP contribution in [0.3, 0.4) is 0 Å². The van der Waals surface area contributed by atoms with Crippen molar-refractivity contribution in [1.29, 1.82) is 0 Å². The third kappa shape index (κ3) is 3.76. The summed E-state index contributed by atoms with van der Waals surface area (Å²) in [6, 6.07) is 13.5. The molecule has 2 aromatic carbocycles. The van der Waals surface area contributed by atoms with E-state index in [0.29, 0.717) is 17.9 Å². The van der Waals surface area contributed by atoms with E-state index in [1.54, 1.807) is 18.5 Å². The second-order valence-corrected chi connectivity index (χ2v) is 6.72. The third-order valence-corrected chi connectivity index (χ3v) is 4.64. The minimum absolute atomic E-state index is 0.185. The number of aromatic nitrogens is 1. The van der Waals surface area contributed by atoms with Gasteiger partial charge in [0.25, 0.3) is 5.91 Å². The summed E-state index contributed by atoms with van der Waals surface area (Å²) in [4.78, 5) is 16.8. The maximum Gasteiger partial charge on any atom is 0.253 e. The van der Waals surface area contributed by atoms with Crippen molar-refractivity contribution in [2.24, 2.45) is 0 Å². The smallest absolute Gasteiger partial charge is 0.253 e. The maximum absolute atomic E-state index is 12.6. The fourth-order valence-electron chi connectivity index (χ4n) is 3.12. The molecule has 1 aromatic heterocycles. The lowest BCUT2D eigenvalue weighted by molar-refractivity contribution is 0.0950. The summed E-state index contributed by atoms with van der Waals surface area (Å²) in [5.41, 5.74) is 5.51. The quantitative estimate of drug-likeness (QED) is 0.702. The normalized spacial score (nSPS) is 11.9. The highest BCUT2D eigenvalue weighted by molar-refractivity contribution is 5.94. The van der Waals surface area contributed by atoms with Crippen molar-refractivity contribution >= 4 is 17.3 Å². The van der Waals surface area contributed by atoms with Gasteiger partial charge in [0.15, 0.2) is 11.5 Å². The Morgan fingerprint density at radius 2 is 1.82 bits per heavy atom. The molecule has 1 aliphatic heterocycles. The first-order valence-corrected chi connectivity index (χ1v) is 9.05. The fourth-order valence-corrected chi connectivity index (χ4v) is 3.12. The second-order valence-electron chi connectivity index (χ2n) is 6.72. The van der Waals surface area contributed by atoms with Crippen molar-refractivity contribution in [1.82, 2.24) is 10.3 Å². The number of carbonyl (C=O) groups excluding carboxylic acids is 1. The summed E-state index contributed by atoms with van der Waals surface area (Å²) in [6.07, 6.45) is 3.27. The van der Waals surface area contributed by atoms with Gasteiger partial charge in [0.2, 0.25) is 6.79 Å². The number of aryl methyl sites for hydroxylation is 2. The van der Waals surface area contributed by atoms with Crippen LogP contribution in [0.5, 0.6) is 11.5 Å². The van der Waals surface area contributed by atoms with Crippen molar-refractivity contribution in [3.05, 3.63) is 77.1 Å². The average Bonchev–Trinajstić information content (AvgIpc) is 3.17. The SMILES string of the molecule is Cc1cccc(C)c1Nc1cncc(C(=O)NCc2ccc3c(c2)OCO3)c1. The highest BCUT2D eigenvalue weighted by atomic mass is 16.7. The first-order valence-electron chi connectivity index (χ1n) is 9.05. The van der Waals surface area contributed by atoms with E-state index in [-0.39, 0.29) is 12.7 Å². The van der Waals surface area contributed by atoms with E-state index in [9.17, 15) is 4.79 Å². The van der Waals surface area contributed by atoms with Crippen molar-refractivity contribution in [3.63, 3.8) is 0 Å². The Morgan fingerprint density at radius 1 is 1.04 bits per heavy atom. The topological polar surface area (TPSA) is 72.5 Å². The highest BCUT2D eigenvalue weighted by Gasteiger charge is 2.14. The van der Waals surface area contributed by atoms with Crippen LogP contribution in [0.4, 0.5) is 11.4 Å². The van der Waals surface area contributed by atoms with E-state index in [4.69, 9.17) is 9.47 Å². The Morgan fingerprint density at radius 3 is 2.64 bits per heavy atom. The van der Waals surface area contributed by atoms with Crippen LogP contribution < -0.4 is 20.1 Å². The number of benzene rings is 2. The van der Waals surface area contributed by atoms with Crippen LogP contribution in [0.1, 0.15) is 27.0 Å². The van der Waals surface area contributed by atoms with Crippen LogP contribution in [0.25, 0.3) is 0 Å². The van der Waals surface area contributed by atoms with Gasteiger partial charge in [0.05, 0.1) is 17.4 Å². The number of pyridine rings is 1. The van der Waals surface area contributed by atoms with Crippen molar-refractivity contribution < 1.29 is 14.3 Å². The fraction of sp³-hybridized carbons (Fsp3) is 0.182. The summed E-state index contributed by atoms with van der Waals surface area (Å²) in [7, 11) is 0. The van der Waals surface area contributed by atoms with Gasteiger partial charge < -0.3 is 20.1 Å². The molecular formula is C22H21N3O3. The largest absolute Gasteiger partial charge is 0.454 e. The zero-order valence-corrected chi connectivity index (χ0v) is 15.8. The number of hydrogen-bond acceptors (Lipinski definition) is 5. The lowest BCUT2D eigenvalue weighted by Crippen LogP contribution is -2.23. The Kier molecular flexibility index (Phi) is 4.85. The van der Waals surface area contributed by atoms with Crippen molar-refractivity contribution in [3.8, 4) is 11.5 Å². The second kappa shape index (κ2) is 7.60. The number of anilines is 2. The molecule has 0 radical (unpaired) electrons. The van der Waals surface area contributed by atoms with Gasteiger partial charge in [-0.05, 0) is 48.7 Å². The summed E-state index contributed by atoms with van der Waals surface area (Å²) >= 11 is 0. The van der Waals surface area contributed by atoms with Gasteiger partial charge in [-0.3, -0.25) is 9.78 Å². The van der Waals surface area contributed by atoms with Crippen LogP contribution in [-0.2, 0) is 6.54 Å². The van der Waals surface area contributed by atoms with Gasteiger partial charge in [0.1, 0.15) is 0 Å². The number of para-hydroxylation sites is 1. The standard InChI is InChI=1S/C22H21N3O3/c1-14-4-3-5-15(2)21(14)25-18-9-17(11-23-12-18)22(26)24-10-16-6-7-19-20(8-16)28-13-27-19/h3-9,11-12,25H,10,13H2,1-2H3,(H,24,26). The molecule has 1 aliphatic rings. The van der Waals surface area contributed by atoms with Gasteiger partial charge in [-0.15, -0.1) is 0 Å². The van der Waals surface area contributed by atoms with E-state index < -0.39 is 0 Å². The van der Waals surface area contributed by atoms with Gasteiger partial charge in [0, 0.05) is 18.4 Å².